The van der Waals surface area contributed by atoms with Crippen LogP contribution in [0.4, 0.5) is 0 Å². The van der Waals surface area contributed by atoms with Gasteiger partial charge in [0.1, 0.15) is 11.5 Å². The first kappa shape index (κ1) is 18.1. The van der Waals surface area contributed by atoms with Gasteiger partial charge in [-0.15, -0.1) is 0 Å². The molecule has 1 amide bonds. The third-order valence-electron chi connectivity index (χ3n) is 5.42. The number of amides is 1. The first-order valence-corrected chi connectivity index (χ1v) is 11.0. The molecule has 144 valence electrons. The van der Waals surface area contributed by atoms with Gasteiger partial charge in [0.15, 0.2) is 9.84 Å². The number of imidazole rings is 1. The zero-order valence-corrected chi connectivity index (χ0v) is 16.0. The van der Waals surface area contributed by atoms with Crippen molar-refractivity contribution < 1.29 is 13.2 Å². The predicted octanol–water partition coefficient (Wildman–Crippen LogP) is 0.422. The van der Waals surface area contributed by atoms with Crippen LogP contribution in [0.5, 0.6) is 0 Å². The van der Waals surface area contributed by atoms with Crippen molar-refractivity contribution in [3.8, 4) is 0 Å². The van der Waals surface area contributed by atoms with E-state index in [9.17, 15) is 13.2 Å². The van der Waals surface area contributed by atoms with Crippen molar-refractivity contribution in [1.82, 2.24) is 24.3 Å². The number of piperazine rings is 1. The third-order valence-corrected chi connectivity index (χ3v) is 7.12. The van der Waals surface area contributed by atoms with E-state index in [0.717, 1.165) is 12.4 Å². The van der Waals surface area contributed by atoms with Gasteiger partial charge >= 0.3 is 0 Å². The molecule has 0 aliphatic carbocycles. The Morgan fingerprint density at radius 2 is 1.96 bits per heavy atom. The Morgan fingerprint density at radius 1 is 1.15 bits per heavy atom. The average Bonchev–Trinajstić information content (AvgIpc) is 3.24. The highest BCUT2D eigenvalue weighted by atomic mass is 32.2. The Morgan fingerprint density at radius 3 is 2.70 bits per heavy atom. The van der Waals surface area contributed by atoms with Gasteiger partial charge in [-0.2, -0.15) is 0 Å². The number of carbonyl (C=O) groups is 1. The van der Waals surface area contributed by atoms with Crippen LogP contribution in [0.2, 0.25) is 0 Å². The molecular weight excluding hydrogens is 366 g/mol. The number of aryl methyl sites for hydroxylation is 1. The minimum absolute atomic E-state index is 0.00889. The lowest BCUT2D eigenvalue weighted by Gasteiger charge is -2.43. The highest BCUT2D eigenvalue weighted by Gasteiger charge is 2.48. The maximum absolute atomic E-state index is 12.9. The van der Waals surface area contributed by atoms with E-state index in [2.05, 4.69) is 26.4 Å². The van der Waals surface area contributed by atoms with Crippen molar-refractivity contribution in [3.05, 3.63) is 48.3 Å². The summed E-state index contributed by atoms with van der Waals surface area (Å²) >= 11 is 0. The number of hydrogen-bond acceptors (Lipinski definition) is 6. The molecular formula is C18H23N5O3S. The van der Waals surface area contributed by atoms with Crippen LogP contribution in [-0.4, -0.2) is 75.3 Å². The second-order valence-corrected chi connectivity index (χ2v) is 9.18. The second-order valence-electron chi connectivity index (χ2n) is 7.03. The van der Waals surface area contributed by atoms with E-state index in [1.54, 1.807) is 35.5 Å². The Kier molecular flexibility index (Phi) is 4.73. The number of nitrogens with zero attached hydrogens (tertiary/aromatic N) is 5. The molecule has 2 saturated heterocycles. The lowest BCUT2D eigenvalue weighted by Crippen LogP contribution is -2.60. The van der Waals surface area contributed by atoms with Gasteiger partial charge in [-0.1, -0.05) is 6.07 Å². The standard InChI is InChI=1S/C18H23N5O3S/c1-2-21-8-7-20-17(21)11-22-9-10-23(16-13-27(25,26)12-15(16)22)18(24)14-5-3-4-6-19-14/h3-8,15-16H,2,9-13H2,1H3/t15-,16+/m1/s1. The molecule has 2 aliphatic heterocycles. The van der Waals surface area contributed by atoms with E-state index in [1.165, 1.54) is 0 Å². The van der Waals surface area contributed by atoms with Crippen LogP contribution in [0.15, 0.2) is 36.8 Å². The Hall–Kier alpha value is -2.26. The highest BCUT2D eigenvalue weighted by Crippen LogP contribution is 2.29. The monoisotopic (exact) mass is 389 g/mol. The largest absolute Gasteiger partial charge is 0.334 e. The molecule has 0 bridgehead atoms. The molecule has 0 spiro atoms. The molecule has 2 aromatic rings. The number of pyridine rings is 1. The van der Waals surface area contributed by atoms with Crippen LogP contribution in [0.25, 0.3) is 0 Å². The van der Waals surface area contributed by atoms with Gasteiger partial charge < -0.3 is 9.47 Å². The zero-order chi connectivity index (χ0) is 19.0. The molecule has 2 aromatic heterocycles. The summed E-state index contributed by atoms with van der Waals surface area (Å²) in [6.07, 6.45) is 5.28. The molecule has 0 radical (unpaired) electrons. The van der Waals surface area contributed by atoms with E-state index in [1.807, 2.05) is 6.20 Å². The number of rotatable bonds is 4. The number of fused-ring (bicyclic) bond motifs is 1. The molecule has 2 aliphatic rings. The van der Waals surface area contributed by atoms with E-state index in [-0.39, 0.29) is 29.5 Å². The van der Waals surface area contributed by atoms with Crippen molar-refractivity contribution in [2.24, 2.45) is 0 Å². The summed E-state index contributed by atoms with van der Waals surface area (Å²) in [6, 6.07) is 4.64. The third kappa shape index (κ3) is 3.49. The minimum Gasteiger partial charge on any atom is -0.334 e. The quantitative estimate of drug-likeness (QED) is 0.753. The molecule has 0 saturated carbocycles. The predicted molar refractivity (Wildman–Crippen MR) is 99.8 cm³/mol. The Bertz CT molecular complexity index is 927. The topological polar surface area (TPSA) is 88.4 Å². The van der Waals surface area contributed by atoms with Crippen LogP contribution < -0.4 is 0 Å². The number of aromatic nitrogens is 3. The van der Waals surface area contributed by atoms with Crippen LogP contribution in [0.1, 0.15) is 23.2 Å². The zero-order valence-electron chi connectivity index (χ0n) is 15.2. The van der Waals surface area contributed by atoms with Crippen molar-refractivity contribution in [1.29, 1.82) is 0 Å². The molecule has 8 nitrogen and oxygen atoms in total. The van der Waals surface area contributed by atoms with Gasteiger partial charge in [-0.25, -0.2) is 13.4 Å². The lowest BCUT2D eigenvalue weighted by atomic mass is 10.0. The van der Waals surface area contributed by atoms with Crippen molar-refractivity contribution in [3.63, 3.8) is 0 Å². The summed E-state index contributed by atoms with van der Waals surface area (Å²) in [5.74, 6) is 0.813. The molecule has 0 aromatic carbocycles. The number of hydrogen-bond donors (Lipinski definition) is 0. The molecule has 0 unspecified atom stereocenters. The second kappa shape index (κ2) is 7.05. The molecule has 2 fully saturated rings. The van der Waals surface area contributed by atoms with Gasteiger partial charge in [-0.3, -0.25) is 14.7 Å². The fourth-order valence-corrected chi connectivity index (χ4v) is 6.08. The Balaban J connectivity index is 1.59. The number of carbonyl (C=O) groups excluding carboxylic acids is 1. The van der Waals surface area contributed by atoms with Gasteiger partial charge in [-0.05, 0) is 19.1 Å². The van der Waals surface area contributed by atoms with Crippen molar-refractivity contribution in [2.45, 2.75) is 32.1 Å². The van der Waals surface area contributed by atoms with E-state index < -0.39 is 9.84 Å². The highest BCUT2D eigenvalue weighted by molar-refractivity contribution is 7.91. The van der Waals surface area contributed by atoms with E-state index >= 15 is 0 Å². The van der Waals surface area contributed by atoms with Crippen molar-refractivity contribution in [2.75, 3.05) is 24.6 Å². The smallest absolute Gasteiger partial charge is 0.272 e. The normalized spacial score (nSPS) is 24.7. The molecule has 27 heavy (non-hydrogen) atoms. The molecule has 4 heterocycles. The fraction of sp³-hybridized carbons (Fsp3) is 0.500. The maximum Gasteiger partial charge on any atom is 0.272 e. The van der Waals surface area contributed by atoms with Crippen LogP contribution in [0.3, 0.4) is 0 Å². The van der Waals surface area contributed by atoms with Crippen LogP contribution in [0, 0.1) is 0 Å². The summed E-state index contributed by atoms with van der Waals surface area (Å²) < 4.78 is 26.8. The summed E-state index contributed by atoms with van der Waals surface area (Å²) in [5.41, 5.74) is 0.357. The first-order chi connectivity index (χ1) is 13.0. The van der Waals surface area contributed by atoms with Crippen LogP contribution >= 0.6 is 0 Å². The Labute approximate surface area is 158 Å². The van der Waals surface area contributed by atoms with Gasteiger partial charge in [0, 0.05) is 44.3 Å². The fourth-order valence-electron chi connectivity index (χ4n) is 4.07. The van der Waals surface area contributed by atoms with E-state index in [0.29, 0.717) is 25.3 Å². The van der Waals surface area contributed by atoms with Crippen LogP contribution in [-0.2, 0) is 22.9 Å². The summed E-state index contributed by atoms with van der Waals surface area (Å²) in [4.78, 5) is 25.3. The summed E-state index contributed by atoms with van der Waals surface area (Å²) in [5, 5.41) is 0. The van der Waals surface area contributed by atoms with E-state index in [4.69, 9.17) is 0 Å². The SMILES string of the molecule is CCn1ccnc1CN1CCN(C(=O)c2ccccn2)[C@H]2CS(=O)(=O)C[C@H]21. The van der Waals surface area contributed by atoms with Gasteiger partial charge in [0.05, 0.1) is 24.1 Å². The molecule has 2 atom stereocenters. The molecule has 9 heteroatoms. The minimum atomic E-state index is -3.19. The first-order valence-electron chi connectivity index (χ1n) is 9.15. The molecule has 0 N–H and O–H groups in total. The summed E-state index contributed by atoms with van der Waals surface area (Å²) in [7, 11) is -3.19. The lowest BCUT2D eigenvalue weighted by molar-refractivity contribution is 0.0290. The molecule has 4 rings (SSSR count). The van der Waals surface area contributed by atoms with Crippen molar-refractivity contribution >= 4 is 15.7 Å². The van der Waals surface area contributed by atoms with Gasteiger partial charge in [0.25, 0.3) is 5.91 Å². The summed E-state index contributed by atoms with van der Waals surface area (Å²) in [6.45, 7) is 4.56. The van der Waals surface area contributed by atoms with Gasteiger partial charge in [0.2, 0.25) is 0 Å². The number of sulfone groups is 1. The average molecular weight is 389 g/mol. The maximum atomic E-state index is 12.9.